The van der Waals surface area contributed by atoms with E-state index in [0.717, 1.165) is 0 Å². The molecule has 0 heterocycles. The normalized spacial score (nSPS) is 12.3. The molecule has 2 nitrogen and oxygen atoms in total. The molecule has 0 aliphatic rings. The smallest absolute Gasteiger partial charge is 0.254 e. The highest BCUT2D eigenvalue weighted by Crippen LogP contribution is 2.21. The van der Waals surface area contributed by atoms with Gasteiger partial charge in [-0.05, 0) is 41.4 Å². The summed E-state index contributed by atoms with van der Waals surface area (Å²) in [4.78, 5) is 13.6. The van der Waals surface area contributed by atoms with Crippen LogP contribution < -0.4 is 0 Å². The Balaban J connectivity index is 2.78. The Kier molecular flexibility index (Phi) is 5.40. The van der Waals surface area contributed by atoms with Gasteiger partial charge in [-0.25, -0.2) is 4.39 Å². The predicted molar refractivity (Wildman–Crippen MR) is 71.0 cm³/mol. The quantitative estimate of drug-likeness (QED) is 0.774. The molecule has 0 aromatic heterocycles. The fourth-order valence-electron chi connectivity index (χ4n) is 1.35. The highest BCUT2D eigenvalue weighted by atomic mass is 79.9. The van der Waals surface area contributed by atoms with Crippen LogP contribution in [0, 0.1) is 5.82 Å². The average molecular weight is 323 g/mol. The van der Waals surface area contributed by atoms with Gasteiger partial charge in [-0.3, -0.25) is 4.79 Å². The Bertz CT molecular complexity index is 411. The second-order valence-electron chi connectivity index (χ2n) is 3.90. The summed E-state index contributed by atoms with van der Waals surface area (Å²) in [6.45, 7) is 2.42. The maximum Gasteiger partial charge on any atom is 0.254 e. The van der Waals surface area contributed by atoms with Crippen LogP contribution in [0.25, 0.3) is 0 Å². The van der Waals surface area contributed by atoms with Crippen molar-refractivity contribution < 1.29 is 9.18 Å². The first-order chi connectivity index (χ1) is 7.93. The summed E-state index contributed by atoms with van der Waals surface area (Å²) >= 11 is 8.90. The molecule has 1 amide bonds. The monoisotopic (exact) mass is 321 g/mol. The van der Waals surface area contributed by atoms with Crippen molar-refractivity contribution in [2.24, 2.45) is 0 Å². The molecular formula is C12H14BrClFNO. The lowest BCUT2D eigenvalue weighted by molar-refractivity contribution is 0.0792. The SMILES string of the molecule is CC(Cl)CCN(C)C(=O)c1cccc(F)c1Br. The number of hydrogen-bond acceptors (Lipinski definition) is 1. The number of amides is 1. The zero-order valence-corrected chi connectivity index (χ0v) is 12.1. The third-order valence-electron chi connectivity index (χ3n) is 2.39. The van der Waals surface area contributed by atoms with Crippen molar-refractivity contribution >= 4 is 33.4 Å². The van der Waals surface area contributed by atoms with E-state index in [4.69, 9.17) is 11.6 Å². The zero-order chi connectivity index (χ0) is 13.0. The summed E-state index contributed by atoms with van der Waals surface area (Å²) in [5, 5.41) is 0.0150. The first-order valence-electron chi connectivity index (χ1n) is 5.27. The van der Waals surface area contributed by atoms with Crippen LogP contribution in [0.2, 0.25) is 0 Å². The Labute approximate surface area is 114 Å². The molecule has 1 aromatic carbocycles. The van der Waals surface area contributed by atoms with E-state index in [1.165, 1.54) is 12.1 Å². The molecule has 0 bridgehead atoms. The van der Waals surface area contributed by atoms with Crippen LogP contribution in [0.5, 0.6) is 0 Å². The maximum absolute atomic E-state index is 13.3. The average Bonchev–Trinajstić information content (AvgIpc) is 2.28. The van der Waals surface area contributed by atoms with Crippen molar-refractivity contribution in [1.29, 1.82) is 0 Å². The van der Waals surface area contributed by atoms with Gasteiger partial charge in [-0.2, -0.15) is 0 Å². The van der Waals surface area contributed by atoms with Crippen LogP contribution in [0.3, 0.4) is 0 Å². The molecule has 1 unspecified atom stereocenters. The third-order valence-corrected chi connectivity index (χ3v) is 3.42. The summed E-state index contributed by atoms with van der Waals surface area (Å²) in [6.07, 6.45) is 0.705. The number of halogens is 3. The minimum atomic E-state index is -0.435. The molecule has 1 aromatic rings. The van der Waals surface area contributed by atoms with Crippen molar-refractivity contribution in [2.45, 2.75) is 18.7 Å². The lowest BCUT2D eigenvalue weighted by Gasteiger charge is -2.18. The molecule has 0 N–H and O–H groups in total. The summed E-state index contributed by atoms with van der Waals surface area (Å²) in [5.74, 6) is -0.649. The van der Waals surface area contributed by atoms with E-state index in [1.807, 2.05) is 6.92 Å². The van der Waals surface area contributed by atoms with E-state index in [-0.39, 0.29) is 15.8 Å². The van der Waals surface area contributed by atoms with Gasteiger partial charge in [0.05, 0.1) is 10.0 Å². The molecule has 1 rings (SSSR count). The molecule has 0 saturated carbocycles. The standard InChI is InChI=1S/C12H14BrClFNO/c1-8(14)6-7-16(2)12(17)9-4-3-5-10(15)11(9)13/h3-5,8H,6-7H2,1-2H3. The number of nitrogens with zero attached hydrogens (tertiary/aromatic N) is 1. The molecule has 0 spiro atoms. The molecule has 0 radical (unpaired) electrons. The summed E-state index contributed by atoms with van der Waals surface area (Å²) < 4.78 is 13.5. The maximum atomic E-state index is 13.3. The number of benzene rings is 1. The minimum Gasteiger partial charge on any atom is -0.342 e. The number of carbonyl (C=O) groups is 1. The van der Waals surface area contributed by atoms with Gasteiger partial charge in [0.2, 0.25) is 0 Å². The molecule has 17 heavy (non-hydrogen) atoms. The fraction of sp³-hybridized carbons (Fsp3) is 0.417. The van der Waals surface area contributed by atoms with E-state index in [0.29, 0.717) is 18.5 Å². The van der Waals surface area contributed by atoms with Gasteiger partial charge in [0.1, 0.15) is 5.82 Å². The zero-order valence-electron chi connectivity index (χ0n) is 9.71. The molecule has 0 aliphatic heterocycles. The van der Waals surface area contributed by atoms with Gasteiger partial charge in [0, 0.05) is 19.0 Å². The highest BCUT2D eigenvalue weighted by Gasteiger charge is 2.17. The van der Waals surface area contributed by atoms with Gasteiger partial charge in [-0.1, -0.05) is 6.07 Å². The van der Waals surface area contributed by atoms with Crippen LogP contribution in [0.1, 0.15) is 23.7 Å². The topological polar surface area (TPSA) is 20.3 Å². The van der Waals surface area contributed by atoms with Crippen LogP contribution in [0.15, 0.2) is 22.7 Å². The largest absolute Gasteiger partial charge is 0.342 e. The van der Waals surface area contributed by atoms with Crippen LogP contribution >= 0.6 is 27.5 Å². The van der Waals surface area contributed by atoms with E-state index in [2.05, 4.69) is 15.9 Å². The van der Waals surface area contributed by atoms with Gasteiger partial charge in [-0.15, -0.1) is 11.6 Å². The number of alkyl halides is 1. The molecule has 0 aliphatic carbocycles. The Morgan fingerprint density at radius 1 is 1.59 bits per heavy atom. The van der Waals surface area contributed by atoms with Crippen molar-refractivity contribution in [2.75, 3.05) is 13.6 Å². The summed E-state index contributed by atoms with van der Waals surface area (Å²) in [5.41, 5.74) is 0.328. The van der Waals surface area contributed by atoms with Gasteiger partial charge < -0.3 is 4.90 Å². The molecule has 5 heteroatoms. The third kappa shape index (κ3) is 3.96. The second-order valence-corrected chi connectivity index (χ2v) is 5.44. The first kappa shape index (κ1) is 14.5. The highest BCUT2D eigenvalue weighted by molar-refractivity contribution is 9.10. The van der Waals surface area contributed by atoms with E-state index < -0.39 is 5.82 Å². The molecular weight excluding hydrogens is 308 g/mol. The Morgan fingerprint density at radius 3 is 2.82 bits per heavy atom. The van der Waals surface area contributed by atoms with E-state index in [1.54, 1.807) is 18.0 Å². The Hall–Kier alpha value is -0.610. The molecule has 1 atom stereocenters. The van der Waals surface area contributed by atoms with Crippen molar-refractivity contribution in [1.82, 2.24) is 4.90 Å². The van der Waals surface area contributed by atoms with E-state index >= 15 is 0 Å². The van der Waals surface area contributed by atoms with Gasteiger partial charge in [0.25, 0.3) is 5.91 Å². The molecule has 94 valence electrons. The fourth-order valence-corrected chi connectivity index (χ4v) is 1.88. The van der Waals surface area contributed by atoms with Crippen LogP contribution in [0.4, 0.5) is 4.39 Å². The number of carbonyl (C=O) groups excluding carboxylic acids is 1. The summed E-state index contributed by atoms with van der Waals surface area (Å²) in [7, 11) is 1.68. The van der Waals surface area contributed by atoms with Gasteiger partial charge in [0.15, 0.2) is 0 Å². The van der Waals surface area contributed by atoms with Crippen molar-refractivity contribution in [3.05, 3.63) is 34.1 Å². The lowest BCUT2D eigenvalue weighted by Crippen LogP contribution is -2.29. The van der Waals surface area contributed by atoms with Crippen molar-refractivity contribution in [3.8, 4) is 0 Å². The van der Waals surface area contributed by atoms with Gasteiger partial charge >= 0.3 is 0 Å². The predicted octanol–water partition coefficient (Wildman–Crippen LogP) is 3.68. The minimum absolute atomic E-state index is 0.0150. The first-order valence-corrected chi connectivity index (χ1v) is 6.50. The van der Waals surface area contributed by atoms with Crippen LogP contribution in [-0.4, -0.2) is 29.8 Å². The summed E-state index contributed by atoms with van der Waals surface area (Å²) in [6, 6.07) is 4.42. The second kappa shape index (κ2) is 6.36. The van der Waals surface area contributed by atoms with E-state index in [9.17, 15) is 9.18 Å². The van der Waals surface area contributed by atoms with Crippen LogP contribution in [-0.2, 0) is 0 Å². The number of rotatable bonds is 4. The Morgan fingerprint density at radius 2 is 2.24 bits per heavy atom. The lowest BCUT2D eigenvalue weighted by atomic mass is 10.2. The van der Waals surface area contributed by atoms with Crippen molar-refractivity contribution in [3.63, 3.8) is 0 Å². The molecule has 0 saturated heterocycles. The number of hydrogen-bond donors (Lipinski definition) is 0. The molecule has 0 fully saturated rings.